The van der Waals surface area contributed by atoms with Crippen LogP contribution >= 0.6 is 11.8 Å². The van der Waals surface area contributed by atoms with Crippen LogP contribution < -0.4 is 4.74 Å². The molecule has 128 valence electrons. The zero-order chi connectivity index (χ0) is 17.7. The average molecular weight is 349 g/mol. The summed E-state index contributed by atoms with van der Waals surface area (Å²) in [7, 11) is 0. The van der Waals surface area contributed by atoms with Gasteiger partial charge in [0.25, 0.3) is 11.1 Å². The van der Waals surface area contributed by atoms with Crippen LogP contribution in [0.3, 0.4) is 0 Å². The van der Waals surface area contributed by atoms with E-state index < -0.39 is 23.2 Å². The van der Waals surface area contributed by atoms with Gasteiger partial charge in [0, 0.05) is 0 Å². The summed E-state index contributed by atoms with van der Waals surface area (Å²) in [6.45, 7) is 5.82. The summed E-state index contributed by atoms with van der Waals surface area (Å²) in [5.41, 5.74) is 0.771. The van der Waals surface area contributed by atoms with Crippen molar-refractivity contribution < 1.29 is 23.9 Å². The quantitative estimate of drug-likeness (QED) is 0.580. The minimum atomic E-state index is -0.941. The second-order valence-corrected chi connectivity index (χ2v) is 5.97. The lowest BCUT2D eigenvalue weighted by Gasteiger charge is -2.19. The Hall–Kier alpha value is -2.28. The molecule has 0 radical (unpaired) electrons. The van der Waals surface area contributed by atoms with E-state index in [9.17, 15) is 14.4 Å². The molecule has 1 aromatic rings. The number of imide groups is 1. The van der Waals surface area contributed by atoms with Gasteiger partial charge < -0.3 is 9.47 Å². The summed E-state index contributed by atoms with van der Waals surface area (Å²) in [4.78, 5) is 37.5. The Labute approximate surface area is 144 Å². The van der Waals surface area contributed by atoms with E-state index in [2.05, 4.69) is 0 Å². The van der Waals surface area contributed by atoms with E-state index in [1.54, 1.807) is 37.3 Å². The molecule has 1 fully saturated rings. The van der Waals surface area contributed by atoms with Crippen LogP contribution in [0.25, 0.3) is 6.08 Å². The predicted molar refractivity (Wildman–Crippen MR) is 91.5 cm³/mol. The van der Waals surface area contributed by atoms with Crippen LogP contribution in [-0.2, 0) is 14.3 Å². The molecule has 1 aliphatic heterocycles. The first kappa shape index (κ1) is 18.1. The third-order valence-corrected chi connectivity index (χ3v) is 4.21. The number of ether oxygens (including phenoxy) is 2. The Morgan fingerprint density at radius 3 is 2.46 bits per heavy atom. The van der Waals surface area contributed by atoms with Crippen LogP contribution in [0.15, 0.2) is 29.2 Å². The van der Waals surface area contributed by atoms with Gasteiger partial charge in [-0.2, -0.15) is 0 Å². The molecule has 6 nitrogen and oxygen atoms in total. The van der Waals surface area contributed by atoms with Gasteiger partial charge in [-0.3, -0.25) is 14.5 Å². The number of carbonyl (C=O) groups is 3. The van der Waals surface area contributed by atoms with Crippen molar-refractivity contribution in [1.29, 1.82) is 0 Å². The highest BCUT2D eigenvalue weighted by atomic mass is 32.2. The Balaban J connectivity index is 2.16. The smallest absolute Gasteiger partial charge is 0.329 e. The van der Waals surface area contributed by atoms with E-state index in [-0.39, 0.29) is 11.5 Å². The molecule has 1 atom stereocenters. The maximum absolute atomic E-state index is 12.4. The van der Waals surface area contributed by atoms with Gasteiger partial charge >= 0.3 is 5.97 Å². The standard InChI is InChI=1S/C17H19NO5S/c1-4-22-13-8-6-12(7-9-13)10-14-15(19)18(17(21)24-14)11(3)16(20)23-5-2/h6-11H,4-5H2,1-3H3. The molecule has 0 N–H and O–H groups in total. The Morgan fingerprint density at radius 2 is 1.88 bits per heavy atom. The fourth-order valence-electron chi connectivity index (χ4n) is 2.16. The first-order chi connectivity index (χ1) is 11.5. The fraction of sp³-hybridized carbons (Fsp3) is 0.353. The van der Waals surface area contributed by atoms with Crippen LogP contribution in [0.4, 0.5) is 4.79 Å². The monoisotopic (exact) mass is 349 g/mol. The van der Waals surface area contributed by atoms with E-state index in [0.717, 1.165) is 28.0 Å². The highest BCUT2D eigenvalue weighted by molar-refractivity contribution is 8.18. The van der Waals surface area contributed by atoms with E-state index in [0.29, 0.717) is 6.61 Å². The minimum absolute atomic E-state index is 0.196. The molecule has 1 aromatic carbocycles. The molecule has 0 saturated carbocycles. The lowest BCUT2D eigenvalue weighted by Crippen LogP contribution is -2.42. The van der Waals surface area contributed by atoms with Crippen molar-refractivity contribution >= 4 is 35.0 Å². The van der Waals surface area contributed by atoms with E-state index in [4.69, 9.17) is 9.47 Å². The molecular weight excluding hydrogens is 330 g/mol. The van der Waals surface area contributed by atoms with Crippen molar-refractivity contribution in [3.8, 4) is 5.75 Å². The second kappa shape index (κ2) is 8.01. The van der Waals surface area contributed by atoms with E-state index in [1.165, 1.54) is 6.92 Å². The summed E-state index contributed by atoms with van der Waals surface area (Å²) in [6, 6.07) is 6.24. The largest absolute Gasteiger partial charge is 0.494 e. The topological polar surface area (TPSA) is 72.9 Å². The molecule has 1 saturated heterocycles. The Morgan fingerprint density at radius 1 is 1.21 bits per heavy atom. The van der Waals surface area contributed by atoms with Crippen molar-refractivity contribution in [1.82, 2.24) is 4.90 Å². The third-order valence-electron chi connectivity index (χ3n) is 3.33. The van der Waals surface area contributed by atoms with Gasteiger partial charge in [0.1, 0.15) is 11.8 Å². The Bertz CT molecular complexity index is 668. The van der Waals surface area contributed by atoms with Crippen LogP contribution in [0, 0.1) is 0 Å². The summed E-state index contributed by atoms with van der Waals surface area (Å²) in [5.74, 6) is -0.347. The zero-order valence-electron chi connectivity index (χ0n) is 13.8. The van der Waals surface area contributed by atoms with Crippen LogP contribution in [-0.4, -0.2) is 41.3 Å². The molecule has 2 amide bonds. The predicted octanol–water partition coefficient (Wildman–Crippen LogP) is 3.07. The molecule has 1 heterocycles. The number of benzene rings is 1. The molecule has 7 heteroatoms. The van der Waals surface area contributed by atoms with Gasteiger partial charge in [-0.15, -0.1) is 0 Å². The van der Waals surface area contributed by atoms with Gasteiger partial charge in [0.2, 0.25) is 0 Å². The molecule has 0 aliphatic carbocycles. The van der Waals surface area contributed by atoms with E-state index in [1.807, 2.05) is 6.92 Å². The molecule has 0 aromatic heterocycles. The molecule has 1 unspecified atom stereocenters. The highest BCUT2D eigenvalue weighted by Gasteiger charge is 2.41. The SMILES string of the molecule is CCOC(=O)C(C)N1C(=O)SC(=Cc2ccc(OCC)cc2)C1=O. The van der Waals surface area contributed by atoms with Gasteiger partial charge in [-0.05, 0) is 56.3 Å². The first-order valence-electron chi connectivity index (χ1n) is 7.64. The number of rotatable bonds is 6. The first-order valence-corrected chi connectivity index (χ1v) is 8.46. The molecule has 2 rings (SSSR count). The van der Waals surface area contributed by atoms with Crippen LogP contribution in [0.1, 0.15) is 26.3 Å². The second-order valence-electron chi connectivity index (χ2n) is 4.98. The number of thioether (sulfide) groups is 1. The van der Waals surface area contributed by atoms with Crippen LogP contribution in [0.5, 0.6) is 5.75 Å². The fourth-order valence-corrected chi connectivity index (χ4v) is 3.07. The number of nitrogens with zero attached hydrogens (tertiary/aromatic N) is 1. The van der Waals surface area contributed by atoms with Gasteiger partial charge in [0.05, 0.1) is 18.1 Å². The van der Waals surface area contributed by atoms with Crippen molar-refractivity contribution in [3.63, 3.8) is 0 Å². The average Bonchev–Trinajstić information content (AvgIpc) is 2.83. The minimum Gasteiger partial charge on any atom is -0.494 e. The van der Waals surface area contributed by atoms with Gasteiger partial charge in [-0.25, -0.2) is 4.79 Å². The zero-order valence-corrected chi connectivity index (χ0v) is 14.6. The van der Waals surface area contributed by atoms with Crippen molar-refractivity contribution in [2.75, 3.05) is 13.2 Å². The van der Waals surface area contributed by atoms with Crippen molar-refractivity contribution in [2.45, 2.75) is 26.8 Å². The molecule has 0 spiro atoms. The van der Waals surface area contributed by atoms with Gasteiger partial charge in [-0.1, -0.05) is 12.1 Å². The molecule has 0 bridgehead atoms. The lowest BCUT2D eigenvalue weighted by atomic mass is 10.2. The van der Waals surface area contributed by atoms with Gasteiger partial charge in [0.15, 0.2) is 0 Å². The van der Waals surface area contributed by atoms with Crippen molar-refractivity contribution in [3.05, 3.63) is 34.7 Å². The molecule has 1 aliphatic rings. The van der Waals surface area contributed by atoms with E-state index >= 15 is 0 Å². The Kier molecular flexibility index (Phi) is 6.03. The maximum atomic E-state index is 12.4. The number of hydrogen-bond acceptors (Lipinski definition) is 6. The number of hydrogen-bond donors (Lipinski definition) is 0. The van der Waals surface area contributed by atoms with Crippen LogP contribution in [0.2, 0.25) is 0 Å². The summed E-state index contributed by atoms with van der Waals surface area (Å²) < 4.78 is 10.2. The highest BCUT2D eigenvalue weighted by Crippen LogP contribution is 2.34. The maximum Gasteiger partial charge on any atom is 0.329 e. The van der Waals surface area contributed by atoms with Crippen molar-refractivity contribution in [2.24, 2.45) is 0 Å². The summed E-state index contributed by atoms with van der Waals surface area (Å²) >= 11 is 0.814. The molecule has 24 heavy (non-hydrogen) atoms. The number of carbonyl (C=O) groups excluding carboxylic acids is 3. The molecular formula is C17H19NO5S. The number of esters is 1. The number of amides is 2. The third kappa shape index (κ3) is 3.97. The lowest BCUT2D eigenvalue weighted by molar-refractivity contribution is -0.150. The normalized spacial score (nSPS) is 17.3. The summed E-state index contributed by atoms with van der Waals surface area (Å²) in [6.07, 6.45) is 1.62. The summed E-state index contributed by atoms with van der Waals surface area (Å²) in [5, 5.41) is -0.474.